The van der Waals surface area contributed by atoms with E-state index in [2.05, 4.69) is 10.1 Å². The molecule has 0 radical (unpaired) electrons. The zero-order chi connectivity index (χ0) is 20.8. The molecular weight excluding hydrogens is 408 g/mol. The maximum atomic E-state index is 12.7. The first kappa shape index (κ1) is 21.9. The molecule has 0 unspecified atom stereocenters. The van der Waals surface area contributed by atoms with Gasteiger partial charge in [0.15, 0.2) is 6.61 Å². The number of thioether (sulfide) groups is 1. The van der Waals surface area contributed by atoms with E-state index in [-0.39, 0.29) is 24.0 Å². The lowest BCUT2D eigenvalue weighted by Gasteiger charge is -2.10. The zero-order valence-corrected chi connectivity index (χ0v) is 15.0. The molecule has 0 bridgehead atoms. The van der Waals surface area contributed by atoms with Gasteiger partial charge in [-0.05, 0) is 35.9 Å². The number of halogens is 6. The lowest BCUT2D eigenvalue weighted by atomic mass is 10.2. The largest absolute Gasteiger partial charge is 0.484 e. The van der Waals surface area contributed by atoms with Crippen molar-refractivity contribution in [3.8, 4) is 5.75 Å². The molecule has 10 heteroatoms. The van der Waals surface area contributed by atoms with Gasteiger partial charge >= 0.3 is 12.4 Å². The molecule has 1 N–H and O–H groups in total. The second-order valence-corrected chi connectivity index (χ2v) is 6.69. The quantitative estimate of drug-likeness (QED) is 0.500. The van der Waals surface area contributed by atoms with Crippen LogP contribution < -0.4 is 10.1 Å². The lowest BCUT2D eigenvalue weighted by molar-refractivity contribution is -0.153. The summed E-state index contributed by atoms with van der Waals surface area (Å²) >= 11 is 0.967. The summed E-state index contributed by atoms with van der Waals surface area (Å²) in [4.78, 5) is 12.2. The summed E-state index contributed by atoms with van der Waals surface area (Å²) in [5, 5.41) is 2.59. The van der Waals surface area contributed by atoms with E-state index >= 15 is 0 Å². The highest BCUT2D eigenvalue weighted by Gasteiger charge is 2.30. The van der Waals surface area contributed by atoms with E-state index in [0.717, 1.165) is 23.9 Å². The van der Waals surface area contributed by atoms with E-state index in [1.807, 2.05) is 0 Å². The van der Waals surface area contributed by atoms with E-state index in [4.69, 9.17) is 0 Å². The third kappa shape index (κ3) is 7.71. The molecular formula is C18H15F6NO2S. The van der Waals surface area contributed by atoms with Crippen LogP contribution in [0.2, 0.25) is 0 Å². The highest BCUT2D eigenvalue weighted by molar-refractivity contribution is 8.00. The molecule has 0 aliphatic carbocycles. The summed E-state index contributed by atoms with van der Waals surface area (Å²) in [5.41, 5.74) is -0.150. The SMILES string of the molecule is O=C(CSc1cccc(C(F)(F)F)c1)NCc1ccc(OCC(F)(F)F)cc1. The van der Waals surface area contributed by atoms with Gasteiger partial charge in [-0.25, -0.2) is 0 Å². The van der Waals surface area contributed by atoms with E-state index < -0.39 is 24.5 Å². The van der Waals surface area contributed by atoms with Crippen LogP contribution in [0.3, 0.4) is 0 Å². The summed E-state index contributed by atoms with van der Waals surface area (Å²) < 4.78 is 78.8. The molecule has 0 saturated heterocycles. The van der Waals surface area contributed by atoms with Crippen LogP contribution in [0.4, 0.5) is 26.3 Å². The van der Waals surface area contributed by atoms with Crippen molar-refractivity contribution < 1.29 is 35.9 Å². The van der Waals surface area contributed by atoms with Gasteiger partial charge in [0.05, 0.1) is 11.3 Å². The molecule has 0 saturated carbocycles. The molecule has 0 spiro atoms. The van der Waals surface area contributed by atoms with Crippen LogP contribution in [0.15, 0.2) is 53.4 Å². The van der Waals surface area contributed by atoms with Crippen molar-refractivity contribution in [2.75, 3.05) is 12.4 Å². The predicted octanol–water partition coefficient (Wildman–Crippen LogP) is 5.06. The molecule has 0 fully saturated rings. The first-order valence-corrected chi connectivity index (χ1v) is 8.87. The second kappa shape index (κ2) is 9.22. The lowest BCUT2D eigenvalue weighted by Crippen LogP contribution is -2.24. The number of carbonyl (C=O) groups excluding carboxylic acids is 1. The Morgan fingerprint density at radius 1 is 1.00 bits per heavy atom. The number of hydrogen-bond acceptors (Lipinski definition) is 3. The number of nitrogens with one attached hydrogen (secondary N) is 1. The Morgan fingerprint density at radius 3 is 2.29 bits per heavy atom. The van der Waals surface area contributed by atoms with Gasteiger partial charge in [0.1, 0.15) is 5.75 Å². The molecule has 1 amide bonds. The predicted molar refractivity (Wildman–Crippen MR) is 92.0 cm³/mol. The van der Waals surface area contributed by atoms with Gasteiger partial charge in [-0.15, -0.1) is 11.8 Å². The Morgan fingerprint density at radius 2 is 1.68 bits per heavy atom. The standard InChI is InChI=1S/C18H15F6NO2S/c19-17(20,21)11-27-14-6-4-12(5-7-14)9-25-16(26)10-28-15-3-1-2-13(8-15)18(22,23)24/h1-8H,9-11H2,(H,25,26). The highest BCUT2D eigenvalue weighted by atomic mass is 32.2. The van der Waals surface area contributed by atoms with Crippen molar-refractivity contribution in [3.63, 3.8) is 0 Å². The van der Waals surface area contributed by atoms with Crippen LogP contribution in [-0.4, -0.2) is 24.4 Å². The van der Waals surface area contributed by atoms with Crippen molar-refractivity contribution >= 4 is 17.7 Å². The van der Waals surface area contributed by atoms with Crippen LogP contribution in [0, 0.1) is 0 Å². The van der Waals surface area contributed by atoms with E-state index in [1.165, 1.54) is 36.4 Å². The van der Waals surface area contributed by atoms with Crippen LogP contribution >= 0.6 is 11.8 Å². The Bertz CT molecular complexity index is 790. The van der Waals surface area contributed by atoms with Gasteiger partial charge in [-0.1, -0.05) is 18.2 Å². The summed E-state index contributed by atoms with van der Waals surface area (Å²) in [6, 6.07) is 10.4. The minimum atomic E-state index is -4.45. The van der Waals surface area contributed by atoms with Gasteiger partial charge in [0.25, 0.3) is 0 Å². The number of carbonyl (C=O) groups is 1. The fourth-order valence-corrected chi connectivity index (χ4v) is 2.82. The number of benzene rings is 2. The van der Waals surface area contributed by atoms with Crippen molar-refractivity contribution in [1.82, 2.24) is 5.32 Å². The highest BCUT2D eigenvalue weighted by Crippen LogP contribution is 2.31. The van der Waals surface area contributed by atoms with Gasteiger partial charge in [0, 0.05) is 11.4 Å². The molecule has 152 valence electrons. The van der Waals surface area contributed by atoms with Crippen LogP contribution in [-0.2, 0) is 17.5 Å². The smallest absolute Gasteiger partial charge is 0.422 e. The van der Waals surface area contributed by atoms with Gasteiger partial charge in [0.2, 0.25) is 5.91 Å². The topological polar surface area (TPSA) is 38.3 Å². The molecule has 0 atom stereocenters. The fourth-order valence-electron chi connectivity index (χ4n) is 2.03. The number of ether oxygens (including phenoxy) is 1. The Balaban J connectivity index is 1.78. The van der Waals surface area contributed by atoms with E-state index in [9.17, 15) is 31.1 Å². The summed E-state index contributed by atoms with van der Waals surface area (Å²) in [5.74, 6) is -0.416. The van der Waals surface area contributed by atoms with E-state index in [1.54, 1.807) is 0 Å². The molecule has 2 aromatic carbocycles. The van der Waals surface area contributed by atoms with Crippen LogP contribution in [0.25, 0.3) is 0 Å². The number of alkyl halides is 6. The van der Waals surface area contributed by atoms with Crippen molar-refractivity contribution in [1.29, 1.82) is 0 Å². The zero-order valence-electron chi connectivity index (χ0n) is 14.2. The van der Waals surface area contributed by atoms with Crippen molar-refractivity contribution in [3.05, 3.63) is 59.7 Å². The maximum absolute atomic E-state index is 12.7. The van der Waals surface area contributed by atoms with Crippen molar-refractivity contribution in [2.24, 2.45) is 0 Å². The van der Waals surface area contributed by atoms with Crippen molar-refractivity contribution in [2.45, 2.75) is 23.8 Å². The Kier molecular flexibility index (Phi) is 7.22. The molecule has 0 aromatic heterocycles. The summed E-state index contributed by atoms with van der Waals surface area (Å²) in [6.45, 7) is -1.27. The summed E-state index contributed by atoms with van der Waals surface area (Å²) in [6.07, 6.45) is -8.88. The van der Waals surface area contributed by atoms with Gasteiger partial charge in [-0.2, -0.15) is 26.3 Å². The molecule has 2 aromatic rings. The average Bonchev–Trinajstić information content (AvgIpc) is 2.63. The molecule has 0 heterocycles. The van der Waals surface area contributed by atoms with E-state index in [0.29, 0.717) is 10.5 Å². The maximum Gasteiger partial charge on any atom is 0.422 e. The molecule has 0 aliphatic rings. The number of rotatable bonds is 7. The number of hydrogen-bond donors (Lipinski definition) is 1. The average molecular weight is 423 g/mol. The third-order valence-electron chi connectivity index (χ3n) is 3.35. The monoisotopic (exact) mass is 423 g/mol. The molecule has 0 aliphatic heterocycles. The van der Waals surface area contributed by atoms with Crippen LogP contribution in [0.5, 0.6) is 5.75 Å². The summed E-state index contributed by atoms with van der Waals surface area (Å²) in [7, 11) is 0. The minimum Gasteiger partial charge on any atom is -0.484 e. The minimum absolute atomic E-state index is 0.0486. The fraction of sp³-hybridized carbons (Fsp3) is 0.278. The molecule has 3 nitrogen and oxygen atoms in total. The number of amides is 1. The third-order valence-corrected chi connectivity index (χ3v) is 4.34. The molecule has 28 heavy (non-hydrogen) atoms. The molecule has 2 rings (SSSR count). The van der Waals surface area contributed by atoms with Gasteiger partial charge in [-0.3, -0.25) is 4.79 Å². The first-order chi connectivity index (χ1) is 13.0. The normalized spacial score (nSPS) is 11.9. The first-order valence-electron chi connectivity index (χ1n) is 7.88. The second-order valence-electron chi connectivity index (χ2n) is 5.64. The van der Waals surface area contributed by atoms with Crippen LogP contribution in [0.1, 0.15) is 11.1 Å². The Labute approximate surface area is 161 Å². The van der Waals surface area contributed by atoms with Gasteiger partial charge < -0.3 is 10.1 Å². The Hall–Kier alpha value is -2.36.